The van der Waals surface area contributed by atoms with Crippen molar-refractivity contribution in [2.24, 2.45) is 0 Å². The Hall–Kier alpha value is -1.57. The highest BCUT2D eigenvalue weighted by Gasteiger charge is 2.19. The molecule has 0 saturated carbocycles. The van der Waals surface area contributed by atoms with Crippen LogP contribution in [0.25, 0.3) is 0 Å². The van der Waals surface area contributed by atoms with Crippen LogP contribution in [0.1, 0.15) is 23.1 Å². The fourth-order valence-electron chi connectivity index (χ4n) is 2.73. The number of hydrogen-bond donors (Lipinski definition) is 3. The van der Waals surface area contributed by atoms with Gasteiger partial charge in [0.25, 0.3) is 0 Å². The van der Waals surface area contributed by atoms with Gasteiger partial charge in [-0.3, -0.25) is 0 Å². The predicted octanol–water partition coefficient (Wildman–Crippen LogP) is 1.17. The summed E-state index contributed by atoms with van der Waals surface area (Å²) < 4.78 is 6.53. The molecule has 7 heteroatoms. The van der Waals surface area contributed by atoms with Crippen LogP contribution in [0.4, 0.5) is 5.69 Å². The maximum Gasteiger partial charge on any atom is 0.488 e. The van der Waals surface area contributed by atoms with E-state index < -0.39 is 7.12 Å². The van der Waals surface area contributed by atoms with E-state index in [9.17, 15) is 0 Å². The van der Waals surface area contributed by atoms with Crippen LogP contribution in [-0.2, 0) is 19.4 Å². The number of aryl methyl sites for hydroxylation is 1. The topological polar surface area (TPSA) is 88.6 Å². The molecule has 114 valence electrons. The highest BCUT2D eigenvalue weighted by molar-refractivity contribution is 9.10. The van der Waals surface area contributed by atoms with Gasteiger partial charge in [-0.25, -0.2) is 4.98 Å². The number of pyridine rings is 1. The Kier molecular flexibility index (Phi) is 4.38. The van der Waals surface area contributed by atoms with Gasteiger partial charge in [0.05, 0.1) is 0 Å². The first-order valence-corrected chi connectivity index (χ1v) is 7.89. The summed E-state index contributed by atoms with van der Waals surface area (Å²) in [4.78, 5) is 4.07. The van der Waals surface area contributed by atoms with Crippen molar-refractivity contribution < 1.29 is 14.8 Å². The average Bonchev–Trinajstić information content (AvgIpc) is 2.98. The van der Waals surface area contributed by atoms with E-state index in [1.165, 1.54) is 29.5 Å². The Balaban J connectivity index is 1.80. The summed E-state index contributed by atoms with van der Waals surface area (Å²) in [7, 11) is -1.53. The molecule has 0 atom stereocenters. The minimum Gasteiger partial charge on any atom is -0.473 e. The van der Waals surface area contributed by atoms with Crippen LogP contribution in [0, 0.1) is 0 Å². The highest BCUT2D eigenvalue weighted by atomic mass is 79.9. The molecule has 4 N–H and O–H groups in total. The molecule has 0 saturated heterocycles. The Morgan fingerprint density at radius 3 is 2.91 bits per heavy atom. The molecule has 0 amide bonds. The van der Waals surface area contributed by atoms with Crippen LogP contribution in [0.2, 0.25) is 0 Å². The molecule has 0 unspecified atom stereocenters. The van der Waals surface area contributed by atoms with Crippen LogP contribution >= 0.6 is 15.9 Å². The van der Waals surface area contributed by atoms with E-state index in [2.05, 4.69) is 27.0 Å². The molecule has 5 nitrogen and oxygen atoms in total. The van der Waals surface area contributed by atoms with Crippen LogP contribution in [0.3, 0.4) is 0 Å². The molecule has 1 aliphatic carbocycles. The van der Waals surface area contributed by atoms with Crippen molar-refractivity contribution in [1.82, 2.24) is 4.98 Å². The average molecular weight is 363 g/mol. The van der Waals surface area contributed by atoms with Gasteiger partial charge in [-0.1, -0.05) is 6.07 Å². The predicted molar refractivity (Wildman–Crippen MR) is 89.0 cm³/mol. The van der Waals surface area contributed by atoms with E-state index in [-0.39, 0.29) is 0 Å². The van der Waals surface area contributed by atoms with Gasteiger partial charge < -0.3 is 20.5 Å². The molecule has 0 aliphatic heterocycles. The first kappa shape index (κ1) is 15.3. The monoisotopic (exact) mass is 362 g/mol. The minimum absolute atomic E-state index is 0.316. The van der Waals surface area contributed by atoms with Crippen molar-refractivity contribution in [3.63, 3.8) is 0 Å². The van der Waals surface area contributed by atoms with Crippen LogP contribution in [-0.4, -0.2) is 22.2 Å². The Labute approximate surface area is 137 Å². The molecule has 22 heavy (non-hydrogen) atoms. The number of halogens is 1. The Bertz CT molecular complexity index is 709. The lowest BCUT2D eigenvalue weighted by Crippen LogP contribution is -2.29. The molecule has 2 aromatic rings. The van der Waals surface area contributed by atoms with E-state index in [1.54, 1.807) is 0 Å². The largest absolute Gasteiger partial charge is 0.488 e. The summed E-state index contributed by atoms with van der Waals surface area (Å²) in [6.07, 6.45) is 4.69. The van der Waals surface area contributed by atoms with Crippen molar-refractivity contribution >= 4 is 34.2 Å². The second-order valence-corrected chi connectivity index (χ2v) is 6.14. The number of hydrogen-bond acceptors (Lipinski definition) is 5. The summed E-state index contributed by atoms with van der Waals surface area (Å²) in [5, 5.41) is 18.3. The maximum atomic E-state index is 9.17. The number of anilines is 1. The van der Waals surface area contributed by atoms with Crippen LogP contribution in [0.15, 0.2) is 28.9 Å². The molecule has 0 bridgehead atoms. The van der Waals surface area contributed by atoms with Gasteiger partial charge in [0.2, 0.25) is 5.88 Å². The van der Waals surface area contributed by atoms with Crippen LogP contribution in [0.5, 0.6) is 5.88 Å². The zero-order chi connectivity index (χ0) is 15.7. The van der Waals surface area contributed by atoms with Gasteiger partial charge >= 0.3 is 7.12 Å². The molecule has 0 spiro atoms. The fourth-order valence-corrected chi connectivity index (χ4v) is 3.20. The molecular weight excluding hydrogens is 347 g/mol. The summed E-state index contributed by atoms with van der Waals surface area (Å²) >= 11 is 3.54. The zero-order valence-electron chi connectivity index (χ0n) is 11.9. The lowest BCUT2D eigenvalue weighted by Gasteiger charge is -2.13. The fraction of sp³-hybridized carbons (Fsp3) is 0.267. The van der Waals surface area contributed by atoms with Crippen molar-refractivity contribution in [3.8, 4) is 5.88 Å². The van der Waals surface area contributed by atoms with E-state index in [1.807, 2.05) is 0 Å². The van der Waals surface area contributed by atoms with Gasteiger partial charge in [-0.2, -0.15) is 0 Å². The van der Waals surface area contributed by atoms with Gasteiger partial charge in [0.1, 0.15) is 6.61 Å². The second kappa shape index (κ2) is 6.28. The lowest BCUT2D eigenvalue weighted by molar-refractivity contribution is 0.293. The van der Waals surface area contributed by atoms with E-state index >= 15 is 0 Å². The minimum atomic E-state index is -1.53. The third kappa shape index (κ3) is 2.97. The third-order valence-corrected chi connectivity index (χ3v) is 4.82. The summed E-state index contributed by atoms with van der Waals surface area (Å²) in [6, 6.07) is 5.16. The molecule has 1 aromatic heterocycles. The standard InChI is InChI=1S/C15H16BBrN2O3/c17-14-10(6-9-2-1-3-12(9)15(14)18)8-22-13-7-11(16(20)21)4-5-19-13/h4-7,20-21H,1-3,8,18H2. The second-order valence-electron chi connectivity index (χ2n) is 5.34. The number of ether oxygens (including phenoxy) is 1. The first-order chi connectivity index (χ1) is 10.6. The van der Waals surface area contributed by atoms with Gasteiger partial charge in [-0.15, -0.1) is 0 Å². The molecule has 3 rings (SSSR count). The number of fused-ring (bicyclic) bond motifs is 1. The van der Waals surface area contributed by atoms with E-state index in [0.29, 0.717) is 17.9 Å². The summed E-state index contributed by atoms with van der Waals surface area (Å²) in [6.45, 7) is 0.316. The molecular formula is C15H16BBrN2O3. The third-order valence-electron chi connectivity index (χ3n) is 3.89. The molecule has 0 radical (unpaired) electrons. The van der Waals surface area contributed by atoms with Crippen molar-refractivity contribution in [2.45, 2.75) is 25.9 Å². The quantitative estimate of drug-likeness (QED) is 0.561. The number of nitrogens with two attached hydrogens (primary N) is 1. The number of aromatic nitrogens is 1. The maximum absolute atomic E-state index is 9.17. The normalized spacial score (nSPS) is 13.0. The SMILES string of the molecule is Nc1c(Br)c(COc2cc(B(O)O)ccn2)cc2c1CCC2. The number of nitrogens with zero attached hydrogens (tertiary/aromatic N) is 1. The van der Waals surface area contributed by atoms with E-state index in [4.69, 9.17) is 20.5 Å². The van der Waals surface area contributed by atoms with Crippen LogP contribution < -0.4 is 15.9 Å². The Morgan fingerprint density at radius 1 is 1.32 bits per heavy atom. The molecule has 1 aliphatic rings. The Morgan fingerprint density at radius 2 is 2.14 bits per heavy atom. The summed E-state index contributed by atoms with van der Waals surface area (Å²) in [5.74, 6) is 0.344. The highest BCUT2D eigenvalue weighted by Crippen LogP contribution is 2.36. The lowest BCUT2D eigenvalue weighted by atomic mass is 9.81. The number of rotatable bonds is 4. The van der Waals surface area contributed by atoms with Crippen molar-refractivity contribution in [3.05, 3.63) is 45.6 Å². The van der Waals surface area contributed by atoms with Gasteiger partial charge in [-0.05, 0) is 57.8 Å². The van der Waals surface area contributed by atoms with Crippen molar-refractivity contribution in [2.75, 3.05) is 5.73 Å². The smallest absolute Gasteiger partial charge is 0.473 e. The zero-order valence-corrected chi connectivity index (χ0v) is 13.5. The van der Waals surface area contributed by atoms with E-state index in [0.717, 1.165) is 35.0 Å². The number of nitrogen functional groups attached to an aromatic ring is 1. The van der Waals surface area contributed by atoms with Crippen molar-refractivity contribution in [1.29, 1.82) is 0 Å². The number of benzene rings is 1. The molecule has 1 aromatic carbocycles. The van der Waals surface area contributed by atoms with Gasteiger partial charge in [0, 0.05) is 28.0 Å². The first-order valence-electron chi connectivity index (χ1n) is 7.09. The summed E-state index contributed by atoms with van der Waals surface area (Å²) in [5.41, 5.74) is 10.8. The molecule has 1 heterocycles. The van der Waals surface area contributed by atoms with Gasteiger partial charge in [0.15, 0.2) is 0 Å². The molecule has 0 fully saturated rings.